The molecule has 0 spiro atoms. The smallest absolute Gasteiger partial charge is 0.377 e. The third-order valence-corrected chi connectivity index (χ3v) is 2.23. The van der Waals surface area contributed by atoms with Crippen LogP contribution < -0.4 is 0 Å². The van der Waals surface area contributed by atoms with Crippen LogP contribution in [0, 0.1) is 6.92 Å². The van der Waals surface area contributed by atoms with Crippen LogP contribution in [0.25, 0.3) is 0 Å². The van der Waals surface area contributed by atoms with Gasteiger partial charge < -0.3 is 10.2 Å². The van der Waals surface area contributed by atoms with Crippen LogP contribution >= 0.6 is 11.6 Å². The van der Waals surface area contributed by atoms with Crippen molar-refractivity contribution in [1.82, 2.24) is 0 Å². The summed E-state index contributed by atoms with van der Waals surface area (Å²) in [5, 5.41) is 17.8. The van der Waals surface area contributed by atoms with E-state index in [1.807, 2.05) is 0 Å². The Balaban J connectivity index is 3.31. The second-order valence-electron chi connectivity index (χ2n) is 2.73. The number of Topliss-reactive ketones (excluding diaryl/α,β-unsaturated/α-hetero) is 1. The Morgan fingerprint density at radius 1 is 1.36 bits per heavy atom. The minimum absolute atomic E-state index is 0.00269. The molecule has 0 aromatic heterocycles. The van der Waals surface area contributed by atoms with Crippen LogP contribution in [0.4, 0.5) is 0 Å². The van der Waals surface area contributed by atoms with Gasteiger partial charge in [-0.05, 0) is 18.6 Å². The van der Waals surface area contributed by atoms with Gasteiger partial charge in [-0.15, -0.1) is 0 Å². The van der Waals surface area contributed by atoms with Crippen LogP contribution in [0.5, 0.6) is 5.75 Å². The van der Waals surface area contributed by atoms with E-state index in [0.717, 1.165) is 0 Å². The van der Waals surface area contributed by atoms with E-state index in [-0.39, 0.29) is 10.6 Å². The van der Waals surface area contributed by atoms with Crippen molar-refractivity contribution in [3.63, 3.8) is 0 Å². The number of aromatic hydroxyl groups is 1. The van der Waals surface area contributed by atoms with Crippen molar-refractivity contribution < 1.29 is 19.8 Å². The van der Waals surface area contributed by atoms with Crippen LogP contribution in [-0.2, 0) is 4.79 Å². The molecule has 0 bridgehead atoms. The Bertz CT molecular complexity index is 412. The zero-order valence-electron chi connectivity index (χ0n) is 7.24. The fourth-order valence-electron chi connectivity index (χ4n) is 0.964. The summed E-state index contributed by atoms with van der Waals surface area (Å²) in [6.45, 7) is 1.64. The first-order chi connectivity index (χ1) is 6.45. The quantitative estimate of drug-likeness (QED) is 0.580. The summed E-state index contributed by atoms with van der Waals surface area (Å²) in [5.41, 5.74) is 0.277. The minimum atomic E-state index is -1.62. The van der Waals surface area contributed by atoms with E-state index < -0.39 is 17.5 Å². The highest BCUT2D eigenvalue weighted by Crippen LogP contribution is 2.30. The second-order valence-corrected chi connectivity index (χ2v) is 3.10. The lowest BCUT2D eigenvalue weighted by atomic mass is 10.1. The van der Waals surface area contributed by atoms with Gasteiger partial charge in [0.05, 0.1) is 10.6 Å². The fraction of sp³-hybridized carbons (Fsp3) is 0.111. The summed E-state index contributed by atoms with van der Waals surface area (Å²) < 4.78 is 0. The van der Waals surface area contributed by atoms with E-state index in [1.165, 1.54) is 12.1 Å². The predicted octanol–water partition coefficient (Wildman–Crippen LogP) is 1.62. The zero-order chi connectivity index (χ0) is 10.9. The highest BCUT2D eigenvalue weighted by Gasteiger charge is 2.20. The Hall–Kier alpha value is -1.55. The largest absolute Gasteiger partial charge is 0.506 e. The average Bonchev–Trinajstić information content (AvgIpc) is 2.13. The van der Waals surface area contributed by atoms with E-state index in [1.54, 1.807) is 6.92 Å². The van der Waals surface area contributed by atoms with Gasteiger partial charge in [-0.3, -0.25) is 4.79 Å². The molecular weight excluding hydrogens is 208 g/mol. The van der Waals surface area contributed by atoms with Crippen molar-refractivity contribution in [2.24, 2.45) is 0 Å². The van der Waals surface area contributed by atoms with Gasteiger partial charge in [-0.1, -0.05) is 17.7 Å². The van der Waals surface area contributed by atoms with Gasteiger partial charge in [-0.2, -0.15) is 0 Å². The summed E-state index contributed by atoms with van der Waals surface area (Å²) in [6, 6.07) is 2.70. The van der Waals surface area contributed by atoms with Gasteiger partial charge in [0.1, 0.15) is 5.75 Å². The third-order valence-electron chi connectivity index (χ3n) is 1.75. The highest BCUT2D eigenvalue weighted by molar-refractivity contribution is 6.42. The molecule has 0 radical (unpaired) electrons. The number of ketones is 1. The molecule has 1 rings (SSSR count). The number of rotatable bonds is 2. The van der Waals surface area contributed by atoms with Crippen molar-refractivity contribution in [3.05, 3.63) is 28.3 Å². The Labute approximate surface area is 84.7 Å². The van der Waals surface area contributed by atoms with Crippen LogP contribution in [0.2, 0.25) is 5.02 Å². The lowest BCUT2D eigenvalue weighted by Gasteiger charge is -2.04. The van der Waals surface area contributed by atoms with Gasteiger partial charge in [-0.25, -0.2) is 4.79 Å². The average molecular weight is 215 g/mol. The Morgan fingerprint density at radius 3 is 2.43 bits per heavy atom. The molecule has 0 atom stereocenters. The molecule has 0 saturated carbocycles. The van der Waals surface area contributed by atoms with E-state index in [2.05, 4.69) is 0 Å². The third kappa shape index (κ3) is 1.70. The van der Waals surface area contributed by atoms with Gasteiger partial charge in [0.15, 0.2) is 0 Å². The van der Waals surface area contributed by atoms with Crippen LogP contribution in [0.1, 0.15) is 15.9 Å². The number of carboxylic acid groups (broad SMARTS) is 1. The predicted molar refractivity (Wildman–Crippen MR) is 49.8 cm³/mol. The lowest BCUT2D eigenvalue weighted by molar-refractivity contribution is -0.131. The number of carbonyl (C=O) groups excluding carboxylic acids is 1. The molecule has 74 valence electrons. The number of hydrogen-bond donors (Lipinski definition) is 2. The van der Waals surface area contributed by atoms with Gasteiger partial charge >= 0.3 is 5.97 Å². The lowest BCUT2D eigenvalue weighted by Crippen LogP contribution is -2.12. The Kier molecular flexibility index (Phi) is 2.76. The SMILES string of the molecule is Cc1ccc(C(=O)C(=O)O)c(O)c1Cl. The Morgan fingerprint density at radius 2 is 1.93 bits per heavy atom. The molecule has 1 aromatic rings. The number of phenolic OH excluding ortho intramolecular Hbond substituents is 1. The van der Waals surface area contributed by atoms with Crippen LogP contribution in [0.15, 0.2) is 12.1 Å². The molecule has 0 aliphatic carbocycles. The van der Waals surface area contributed by atoms with Gasteiger partial charge in [0, 0.05) is 0 Å². The summed E-state index contributed by atoms with van der Waals surface area (Å²) in [5.74, 6) is -3.29. The number of phenols is 1. The van der Waals surface area contributed by atoms with E-state index in [0.29, 0.717) is 5.56 Å². The maximum Gasteiger partial charge on any atom is 0.377 e. The molecule has 5 heteroatoms. The fourth-order valence-corrected chi connectivity index (χ4v) is 1.13. The monoisotopic (exact) mass is 214 g/mol. The normalized spacial score (nSPS) is 9.86. The number of halogens is 1. The molecule has 1 aromatic carbocycles. The summed E-state index contributed by atoms with van der Waals surface area (Å²) in [7, 11) is 0. The topological polar surface area (TPSA) is 74.6 Å². The number of carbonyl (C=O) groups is 2. The van der Waals surface area contributed by atoms with E-state index in [4.69, 9.17) is 16.7 Å². The zero-order valence-corrected chi connectivity index (χ0v) is 8.00. The first-order valence-electron chi connectivity index (χ1n) is 3.71. The molecule has 0 amide bonds. The molecular formula is C9H7ClO4. The number of hydrogen-bond acceptors (Lipinski definition) is 3. The molecule has 0 heterocycles. The van der Waals surface area contributed by atoms with Crippen molar-refractivity contribution in [3.8, 4) is 5.75 Å². The number of benzene rings is 1. The maximum atomic E-state index is 11.0. The van der Waals surface area contributed by atoms with Crippen molar-refractivity contribution in [2.45, 2.75) is 6.92 Å². The highest BCUT2D eigenvalue weighted by atomic mass is 35.5. The molecule has 0 aliphatic heterocycles. The molecule has 2 N–H and O–H groups in total. The van der Waals surface area contributed by atoms with Gasteiger partial charge in [0.25, 0.3) is 5.78 Å². The molecule has 0 aliphatic rings. The van der Waals surface area contributed by atoms with Crippen LogP contribution in [-0.4, -0.2) is 22.0 Å². The summed E-state index contributed by atoms with van der Waals surface area (Å²) in [6.07, 6.45) is 0. The van der Waals surface area contributed by atoms with E-state index >= 15 is 0 Å². The van der Waals surface area contributed by atoms with Gasteiger partial charge in [0.2, 0.25) is 0 Å². The van der Waals surface area contributed by atoms with Crippen molar-refractivity contribution >= 4 is 23.4 Å². The van der Waals surface area contributed by atoms with Crippen molar-refractivity contribution in [1.29, 1.82) is 0 Å². The minimum Gasteiger partial charge on any atom is -0.506 e. The standard InChI is InChI=1S/C9H7ClO4/c1-4-2-3-5(7(11)6(4)10)8(12)9(13)14/h2-3,11H,1H3,(H,13,14). The number of carboxylic acids is 1. The molecule has 0 unspecified atom stereocenters. The second kappa shape index (κ2) is 3.67. The van der Waals surface area contributed by atoms with E-state index in [9.17, 15) is 14.7 Å². The number of aliphatic carboxylic acids is 1. The number of aryl methyl sites for hydroxylation is 1. The molecule has 4 nitrogen and oxygen atoms in total. The van der Waals surface area contributed by atoms with Crippen molar-refractivity contribution in [2.75, 3.05) is 0 Å². The first kappa shape index (κ1) is 10.5. The maximum absolute atomic E-state index is 11.0. The summed E-state index contributed by atoms with van der Waals surface area (Å²) >= 11 is 5.64. The molecule has 14 heavy (non-hydrogen) atoms. The molecule has 0 fully saturated rings. The summed E-state index contributed by atoms with van der Waals surface area (Å²) in [4.78, 5) is 21.4. The first-order valence-corrected chi connectivity index (χ1v) is 4.08. The molecule has 0 saturated heterocycles. The van der Waals surface area contributed by atoms with Crippen LogP contribution in [0.3, 0.4) is 0 Å².